The summed E-state index contributed by atoms with van der Waals surface area (Å²) >= 11 is 0. The van der Waals surface area contributed by atoms with Crippen molar-refractivity contribution in [1.29, 1.82) is 0 Å². The van der Waals surface area contributed by atoms with E-state index in [1.54, 1.807) is 34.2 Å². The number of nitrogens with one attached hydrogen (secondary N) is 1. The van der Waals surface area contributed by atoms with Crippen LogP contribution in [0.2, 0.25) is 0 Å². The molecule has 27 heavy (non-hydrogen) atoms. The van der Waals surface area contributed by atoms with Gasteiger partial charge < -0.3 is 10.2 Å². The molecule has 8 heteroatoms. The summed E-state index contributed by atoms with van der Waals surface area (Å²) in [5.41, 5.74) is 2.83. The lowest BCUT2D eigenvalue weighted by atomic mass is 10.1. The van der Waals surface area contributed by atoms with Crippen LogP contribution in [0.5, 0.6) is 0 Å². The van der Waals surface area contributed by atoms with Crippen LogP contribution in [0.3, 0.4) is 0 Å². The van der Waals surface area contributed by atoms with Crippen molar-refractivity contribution in [3.05, 3.63) is 54.1 Å². The summed E-state index contributed by atoms with van der Waals surface area (Å²) in [6.45, 7) is 0.806. The van der Waals surface area contributed by atoms with Gasteiger partial charge in [0, 0.05) is 38.4 Å². The molecule has 4 heterocycles. The van der Waals surface area contributed by atoms with Gasteiger partial charge in [0.25, 0.3) is 5.91 Å². The van der Waals surface area contributed by atoms with Crippen LogP contribution in [-0.4, -0.2) is 49.0 Å². The molecule has 0 radical (unpaired) electrons. The number of pyridine rings is 2. The number of fused-ring (bicyclic) bond motifs is 1. The minimum atomic E-state index is -0.141. The smallest absolute Gasteiger partial charge is 0.255 e. The molecule has 3 aromatic rings. The van der Waals surface area contributed by atoms with Crippen molar-refractivity contribution in [3.63, 3.8) is 0 Å². The lowest BCUT2D eigenvalue weighted by Crippen LogP contribution is -2.41. The monoisotopic (exact) mass is 364 g/mol. The fourth-order valence-corrected chi connectivity index (χ4v) is 3.31. The molecule has 138 valence electrons. The van der Waals surface area contributed by atoms with E-state index < -0.39 is 0 Å². The molecule has 0 aromatic carbocycles. The van der Waals surface area contributed by atoms with E-state index in [-0.39, 0.29) is 17.9 Å². The zero-order valence-corrected chi connectivity index (χ0v) is 15.0. The zero-order valence-electron chi connectivity index (χ0n) is 15.0. The molecule has 4 rings (SSSR count). The number of hydrogen-bond donors (Lipinski definition) is 1. The van der Waals surface area contributed by atoms with Crippen LogP contribution >= 0.6 is 0 Å². The third-order valence-electron chi connectivity index (χ3n) is 4.74. The number of rotatable bonds is 5. The first-order chi connectivity index (χ1) is 13.1. The van der Waals surface area contributed by atoms with Crippen LogP contribution in [0.25, 0.3) is 11.0 Å². The molecule has 8 nitrogen and oxygen atoms in total. The van der Waals surface area contributed by atoms with Crippen molar-refractivity contribution < 1.29 is 9.59 Å². The SMILES string of the molecule is Cn1ncc2ncc(C(=O)N(Cc3ccccn3)C[C@@H]3CCC(=O)N3)cc21. The molecule has 1 atom stereocenters. The van der Waals surface area contributed by atoms with Crippen molar-refractivity contribution in [1.82, 2.24) is 30.0 Å². The highest BCUT2D eigenvalue weighted by Crippen LogP contribution is 2.17. The maximum Gasteiger partial charge on any atom is 0.255 e. The molecule has 0 saturated carbocycles. The van der Waals surface area contributed by atoms with E-state index in [0.717, 1.165) is 23.1 Å². The van der Waals surface area contributed by atoms with Crippen molar-refractivity contribution >= 4 is 22.8 Å². The second-order valence-electron chi connectivity index (χ2n) is 6.71. The van der Waals surface area contributed by atoms with E-state index in [0.29, 0.717) is 25.1 Å². The first kappa shape index (κ1) is 17.1. The second-order valence-corrected chi connectivity index (χ2v) is 6.71. The predicted molar refractivity (Wildman–Crippen MR) is 98.7 cm³/mol. The lowest BCUT2D eigenvalue weighted by molar-refractivity contribution is -0.119. The molecule has 0 aliphatic carbocycles. The Morgan fingerprint density at radius 1 is 1.33 bits per heavy atom. The first-order valence-electron chi connectivity index (χ1n) is 8.86. The third-order valence-corrected chi connectivity index (χ3v) is 4.74. The summed E-state index contributed by atoms with van der Waals surface area (Å²) in [5.74, 6) is -0.111. The summed E-state index contributed by atoms with van der Waals surface area (Å²) in [6.07, 6.45) is 6.18. The topological polar surface area (TPSA) is 93.0 Å². The van der Waals surface area contributed by atoms with Crippen LogP contribution in [0.1, 0.15) is 28.9 Å². The van der Waals surface area contributed by atoms with Crippen molar-refractivity contribution in [2.24, 2.45) is 7.05 Å². The van der Waals surface area contributed by atoms with E-state index in [1.807, 2.05) is 25.2 Å². The van der Waals surface area contributed by atoms with E-state index in [2.05, 4.69) is 20.4 Å². The fourth-order valence-electron chi connectivity index (χ4n) is 3.31. The molecular weight excluding hydrogens is 344 g/mol. The molecule has 1 aliphatic heterocycles. The summed E-state index contributed by atoms with van der Waals surface area (Å²) in [7, 11) is 1.82. The van der Waals surface area contributed by atoms with Crippen LogP contribution in [0.15, 0.2) is 42.9 Å². The Morgan fingerprint density at radius 3 is 2.96 bits per heavy atom. The Balaban J connectivity index is 1.61. The van der Waals surface area contributed by atoms with E-state index in [1.165, 1.54) is 0 Å². The molecule has 1 aliphatic rings. The minimum absolute atomic E-state index is 0.0307. The number of aromatic nitrogens is 4. The third kappa shape index (κ3) is 3.64. The number of nitrogens with zero attached hydrogens (tertiary/aromatic N) is 5. The van der Waals surface area contributed by atoms with Gasteiger partial charge in [-0.2, -0.15) is 5.10 Å². The van der Waals surface area contributed by atoms with Gasteiger partial charge in [-0.1, -0.05) is 6.07 Å². The minimum Gasteiger partial charge on any atom is -0.352 e. The van der Waals surface area contributed by atoms with Crippen molar-refractivity contribution in [2.75, 3.05) is 6.54 Å². The Bertz CT molecular complexity index is 984. The molecule has 0 unspecified atom stereocenters. The molecule has 0 bridgehead atoms. The average molecular weight is 364 g/mol. The Morgan fingerprint density at radius 2 is 2.22 bits per heavy atom. The quantitative estimate of drug-likeness (QED) is 0.736. The standard InChI is InChI=1S/C19H20N6O2/c1-24-17-8-13(9-21-16(17)10-22-24)19(27)25(11-14-4-2-3-7-20-14)12-15-5-6-18(26)23-15/h2-4,7-10,15H,5-6,11-12H2,1H3,(H,23,26)/t15-/m0/s1. The second kappa shape index (κ2) is 7.14. The summed E-state index contributed by atoms with van der Waals surface area (Å²) in [4.78, 5) is 35.1. The highest BCUT2D eigenvalue weighted by Gasteiger charge is 2.26. The maximum atomic E-state index is 13.2. The van der Waals surface area contributed by atoms with E-state index >= 15 is 0 Å². The number of amides is 2. The van der Waals surface area contributed by atoms with Crippen molar-refractivity contribution in [3.8, 4) is 0 Å². The van der Waals surface area contributed by atoms with Crippen LogP contribution < -0.4 is 5.32 Å². The molecule has 0 spiro atoms. The Kier molecular flexibility index (Phi) is 4.53. The number of carbonyl (C=O) groups excluding carboxylic acids is 2. The van der Waals surface area contributed by atoms with Gasteiger partial charge in [-0.25, -0.2) is 0 Å². The molecule has 3 aromatic heterocycles. The normalized spacial score (nSPS) is 16.5. The van der Waals surface area contributed by atoms with Crippen molar-refractivity contribution in [2.45, 2.75) is 25.4 Å². The van der Waals surface area contributed by atoms with Gasteiger partial charge in [-0.15, -0.1) is 0 Å². The van der Waals surface area contributed by atoms with Gasteiger partial charge in [0.2, 0.25) is 5.91 Å². The largest absolute Gasteiger partial charge is 0.352 e. The van der Waals surface area contributed by atoms with E-state index in [9.17, 15) is 9.59 Å². The fraction of sp³-hybridized carbons (Fsp3) is 0.316. The molecule has 2 amide bonds. The number of carbonyl (C=O) groups is 2. The molecular formula is C19H20N6O2. The van der Waals surface area contributed by atoms with Gasteiger partial charge in [0.15, 0.2) is 0 Å². The average Bonchev–Trinajstić information content (AvgIpc) is 3.27. The zero-order chi connectivity index (χ0) is 18.8. The lowest BCUT2D eigenvalue weighted by Gasteiger charge is -2.25. The van der Waals surface area contributed by atoms with Gasteiger partial charge in [0.1, 0.15) is 5.52 Å². The van der Waals surface area contributed by atoms with Gasteiger partial charge >= 0.3 is 0 Å². The van der Waals surface area contributed by atoms with Crippen LogP contribution in [-0.2, 0) is 18.4 Å². The Hall–Kier alpha value is -3.29. The maximum absolute atomic E-state index is 13.2. The van der Waals surface area contributed by atoms with Gasteiger partial charge in [-0.3, -0.25) is 24.2 Å². The highest BCUT2D eigenvalue weighted by atomic mass is 16.2. The molecule has 1 saturated heterocycles. The predicted octanol–water partition coefficient (Wildman–Crippen LogP) is 1.28. The molecule has 1 fully saturated rings. The highest BCUT2D eigenvalue weighted by molar-refractivity contribution is 5.96. The summed E-state index contributed by atoms with van der Waals surface area (Å²) < 4.78 is 1.69. The summed E-state index contributed by atoms with van der Waals surface area (Å²) in [5, 5.41) is 7.10. The van der Waals surface area contributed by atoms with Crippen LogP contribution in [0, 0.1) is 0 Å². The summed E-state index contributed by atoms with van der Waals surface area (Å²) in [6, 6.07) is 7.38. The number of aryl methyl sites for hydroxylation is 1. The number of hydrogen-bond acceptors (Lipinski definition) is 5. The van der Waals surface area contributed by atoms with Gasteiger partial charge in [0.05, 0.1) is 29.5 Å². The van der Waals surface area contributed by atoms with Crippen LogP contribution in [0.4, 0.5) is 0 Å². The molecule has 1 N–H and O–H groups in total. The Labute approximate surface area is 156 Å². The first-order valence-corrected chi connectivity index (χ1v) is 8.86. The van der Waals surface area contributed by atoms with E-state index in [4.69, 9.17) is 0 Å². The van der Waals surface area contributed by atoms with Gasteiger partial charge in [-0.05, 0) is 24.6 Å².